The Balaban J connectivity index is 3.18. The highest BCUT2D eigenvalue weighted by Gasteiger charge is 1.80. The number of hydrazine groups is 1. The maximum Gasteiger partial charge on any atom is 0.145 e. The summed E-state index contributed by atoms with van der Waals surface area (Å²) in [6.07, 6.45) is 0. The summed E-state index contributed by atoms with van der Waals surface area (Å²) in [5.41, 5.74) is 2.08. The van der Waals surface area contributed by atoms with E-state index in [2.05, 4.69) is 30.3 Å². The van der Waals surface area contributed by atoms with Gasteiger partial charge in [-0.15, -0.1) is 12.6 Å². The molecule has 0 saturated carbocycles. The number of hydrogen-bond donors (Lipinski definition) is 3. The molecule has 0 saturated heterocycles. The van der Waals surface area contributed by atoms with E-state index < -0.39 is 11.3 Å². The van der Waals surface area contributed by atoms with Crippen molar-refractivity contribution < 1.29 is 8.76 Å². The molecule has 0 aromatic rings. The molecule has 0 aromatic heterocycles. The number of thiol groups is 1. The van der Waals surface area contributed by atoms with E-state index in [-0.39, 0.29) is 4.32 Å². The van der Waals surface area contributed by atoms with Gasteiger partial charge >= 0.3 is 0 Å². The molecule has 4 nitrogen and oxygen atoms in total. The Morgan fingerprint density at radius 3 is 2.50 bits per heavy atom. The summed E-state index contributed by atoms with van der Waals surface area (Å²) >= 11 is 5.55. The highest BCUT2D eigenvalue weighted by molar-refractivity contribution is 8.11. The third kappa shape index (κ3) is 6.31. The smallest absolute Gasteiger partial charge is 0.145 e. The van der Waals surface area contributed by atoms with Gasteiger partial charge in [-0.25, -0.2) is 0 Å². The molecule has 0 aliphatic heterocycles. The van der Waals surface area contributed by atoms with E-state index >= 15 is 0 Å². The number of nitrogens with one attached hydrogen (secondary N) is 2. The lowest BCUT2D eigenvalue weighted by Gasteiger charge is -2.06. The summed E-state index contributed by atoms with van der Waals surface area (Å²) in [4.78, 5) is 1.79. The quantitative estimate of drug-likeness (QED) is 0.218. The Labute approximate surface area is 59.8 Å². The zero-order valence-electron chi connectivity index (χ0n) is 3.58. The van der Waals surface area contributed by atoms with Gasteiger partial charge in [-0.3, -0.25) is 9.63 Å². The van der Waals surface area contributed by atoms with Crippen LogP contribution in [0.3, 0.4) is 0 Å². The van der Waals surface area contributed by atoms with Crippen LogP contribution in [-0.2, 0) is 11.3 Å². The third-order valence-electron chi connectivity index (χ3n) is 0.241. The molecule has 1 atom stereocenters. The average Bonchev–Trinajstić information content (AvgIpc) is 1.61. The van der Waals surface area contributed by atoms with Gasteiger partial charge in [0.1, 0.15) is 4.32 Å². The van der Waals surface area contributed by atoms with Crippen LogP contribution in [0.2, 0.25) is 0 Å². The fourth-order valence-corrected chi connectivity index (χ4v) is 0.518. The average molecular weight is 171 g/mol. The van der Waals surface area contributed by atoms with Crippen LogP contribution in [0, 0.1) is 0 Å². The van der Waals surface area contributed by atoms with Crippen molar-refractivity contribution in [1.29, 1.82) is 0 Å². The summed E-state index contributed by atoms with van der Waals surface area (Å²) in [6, 6.07) is 0. The molecule has 0 amide bonds. The summed E-state index contributed by atoms with van der Waals surface area (Å²) in [5, 5.41) is 0. The van der Waals surface area contributed by atoms with E-state index in [4.69, 9.17) is 0 Å². The molecule has 0 spiro atoms. The first-order valence-electron chi connectivity index (χ1n) is 1.47. The molecule has 0 aliphatic rings. The number of thiocarbonyl (C=S) groups is 1. The van der Waals surface area contributed by atoms with Gasteiger partial charge in [0.05, 0.1) is 0 Å². The fourth-order valence-electron chi connectivity index (χ4n) is 0.0853. The van der Waals surface area contributed by atoms with Gasteiger partial charge in [0, 0.05) is 11.3 Å². The molecule has 0 aliphatic carbocycles. The van der Waals surface area contributed by atoms with Crippen molar-refractivity contribution in [1.82, 2.24) is 10.3 Å². The normalized spacial score (nSPS) is 12.8. The molecular formula is CH3N2O2S3-. The maximum atomic E-state index is 9.64. The van der Waals surface area contributed by atoms with Crippen LogP contribution < -0.4 is 10.3 Å². The van der Waals surface area contributed by atoms with Crippen LogP contribution in [0.4, 0.5) is 0 Å². The molecule has 0 fully saturated rings. The Hall–Kier alpha value is 0.310. The van der Waals surface area contributed by atoms with Crippen molar-refractivity contribution in [2.75, 3.05) is 0 Å². The van der Waals surface area contributed by atoms with Crippen LogP contribution >= 0.6 is 24.8 Å². The highest BCUT2D eigenvalue weighted by atomic mass is 32.2. The Kier molecular flexibility index (Phi) is 4.38. The fraction of sp³-hybridized carbons (Fsp3) is 0. The van der Waals surface area contributed by atoms with Crippen LogP contribution in [0.15, 0.2) is 0 Å². The van der Waals surface area contributed by atoms with Gasteiger partial charge in [0.25, 0.3) is 0 Å². The lowest BCUT2D eigenvalue weighted by Crippen LogP contribution is -2.34. The van der Waals surface area contributed by atoms with Gasteiger partial charge < -0.3 is 4.55 Å². The minimum atomic E-state index is -2.33. The standard InChI is InChI=1S/CH4N2O2S3/c4-8(5)3-2-1(6)7/h3H,(H,4,5)(H2,2,6,7)/p-1. The lowest BCUT2D eigenvalue weighted by atomic mass is 11.5. The van der Waals surface area contributed by atoms with Crippen molar-refractivity contribution in [3.05, 3.63) is 0 Å². The van der Waals surface area contributed by atoms with Crippen LogP contribution in [0.1, 0.15) is 0 Å². The van der Waals surface area contributed by atoms with Crippen molar-refractivity contribution in [3.8, 4) is 0 Å². The lowest BCUT2D eigenvalue weighted by molar-refractivity contribution is 0.520. The van der Waals surface area contributed by atoms with E-state index in [0.717, 1.165) is 0 Å². The van der Waals surface area contributed by atoms with Crippen LogP contribution in [-0.4, -0.2) is 13.1 Å². The second kappa shape index (κ2) is 4.21. The molecule has 0 heterocycles. The Bertz CT molecular complexity index is 99.9. The van der Waals surface area contributed by atoms with Crippen molar-refractivity contribution in [2.45, 2.75) is 0 Å². The molecule has 8 heavy (non-hydrogen) atoms. The highest BCUT2D eigenvalue weighted by Crippen LogP contribution is 1.72. The van der Waals surface area contributed by atoms with Crippen molar-refractivity contribution in [2.24, 2.45) is 0 Å². The predicted molar refractivity (Wildman–Crippen MR) is 36.8 cm³/mol. The first kappa shape index (κ1) is 8.31. The summed E-state index contributed by atoms with van der Waals surface area (Å²) < 4.78 is 19.4. The van der Waals surface area contributed by atoms with E-state index in [1.165, 1.54) is 0 Å². The molecule has 0 aromatic carbocycles. The van der Waals surface area contributed by atoms with Gasteiger partial charge in [0.2, 0.25) is 0 Å². The molecule has 48 valence electrons. The van der Waals surface area contributed by atoms with E-state index in [0.29, 0.717) is 0 Å². The third-order valence-corrected chi connectivity index (χ3v) is 0.724. The molecule has 1 unspecified atom stereocenters. The molecule has 0 radical (unpaired) electrons. The van der Waals surface area contributed by atoms with Crippen LogP contribution in [0.5, 0.6) is 0 Å². The number of hydrogen-bond acceptors (Lipinski definition) is 3. The van der Waals surface area contributed by atoms with E-state index in [1.807, 2.05) is 0 Å². The van der Waals surface area contributed by atoms with Gasteiger partial charge in [-0.2, -0.15) is 4.83 Å². The molecule has 2 N–H and O–H groups in total. The Morgan fingerprint density at radius 1 is 1.88 bits per heavy atom. The first-order valence-corrected chi connectivity index (χ1v) is 3.40. The second-order valence-corrected chi connectivity index (χ2v) is 2.60. The SMILES string of the molecule is O=S([O-])NNC(=S)S. The Morgan fingerprint density at radius 2 is 2.38 bits per heavy atom. The minimum absolute atomic E-state index is 0.0780. The monoisotopic (exact) mass is 171 g/mol. The first-order chi connectivity index (χ1) is 3.63. The van der Waals surface area contributed by atoms with Crippen molar-refractivity contribution in [3.63, 3.8) is 0 Å². The summed E-state index contributed by atoms with van der Waals surface area (Å²) in [6.45, 7) is 0. The van der Waals surface area contributed by atoms with E-state index in [1.54, 1.807) is 4.83 Å². The summed E-state index contributed by atoms with van der Waals surface area (Å²) in [7, 11) is 0. The molecule has 7 heteroatoms. The molecular weight excluding hydrogens is 168 g/mol. The maximum absolute atomic E-state index is 9.64. The van der Waals surface area contributed by atoms with Gasteiger partial charge in [-0.1, -0.05) is 12.2 Å². The van der Waals surface area contributed by atoms with E-state index in [9.17, 15) is 8.76 Å². The second-order valence-electron chi connectivity index (χ2n) is 0.767. The largest absolute Gasteiger partial charge is 0.759 e. The van der Waals surface area contributed by atoms with Crippen molar-refractivity contribution >= 4 is 40.4 Å². The molecule has 0 bridgehead atoms. The molecule has 0 rings (SSSR count). The minimum Gasteiger partial charge on any atom is -0.759 e. The van der Waals surface area contributed by atoms with Gasteiger partial charge in [-0.05, 0) is 0 Å². The summed E-state index contributed by atoms with van der Waals surface area (Å²) in [5.74, 6) is 0. The zero-order valence-corrected chi connectivity index (χ0v) is 6.11. The predicted octanol–water partition coefficient (Wildman–Crippen LogP) is -0.911. The zero-order chi connectivity index (χ0) is 6.57. The van der Waals surface area contributed by atoms with Gasteiger partial charge in [0.15, 0.2) is 0 Å². The van der Waals surface area contributed by atoms with Crippen LogP contribution in [0.25, 0.3) is 0 Å². The number of rotatable bonds is 2. The topological polar surface area (TPSA) is 64.2 Å².